The van der Waals surface area contributed by atoms with Crippen LogP contribution in [0, 0.1) is 0 Å². The molecule has 1 unspecified atom stereocenters. The molecule has 3 aromatic carbocycles. The number of ether oxygens (including phenoxy) is 1. The molecule has 4 rings (SSSR count). The minimum Gasteiger partial charge on any atom is -0.383 e. The first-order valence-corrected chi connectivity index (χ1v) is 11.7. The molecule has 1 aromatic heterocycles. The van der Waals surface area contributed by atoms with Crippen molar-refractivity contribution in [1.82, 2.24) is 14.5 Å². The Hall–Kier alpha value is -3.74. The molecular formula is C28H26ClN3O3. The zero-order valence-corrected chi connectivity index (χ0v) is 20.4. The minimum atomic E-state index is -0.533. The largest absolute Gasteiger partial charge is 0.383 e. The third-order valence-electron chi connectivity index (χ3n) is 5.75. The number of benzene rings is 3. The topological polar surface area (TPSA) is 64.4 Å². The Kier molecular flexibility index (Phi) is 7.75. The second-order valence-electron chi connectivity index (χ2n) is 8.05. The van der Waals surface area contributed by atoms with Gasteiger partial charge in [0, 0.05) is 24.8 Å². The van der Waals surface area contributed by atoms with Crippen molar-refractivity contribution >= 4 is 34.5 Å². The standard InChI is InChI=1S/C28H26ClN3O3/c1-20(31(17-18-35-2)26(33)16-15-21-9-4-3-5-10-21)27-30-25-14-7-6-13-24(25)28(34)32(27)23-12-8-11-22(29)19-23/h3-16,19-20H,17-18H2,1-2H3/b16-15+. The molecule has 1 heterocycles. The van der Waals surface area contributed by atoms with E-state index >= 15 is 0 Å². The maximum Gasteiger partial charge on any atom is 0.266 e. The number of methoxy groups -OCH3 is 1. The number of halogens is 1. The lowest BCUT2D eigenvalue weighted by atomic mass is 10.1. The van der Waals surface area contributed by atoms with Crippen LogP contribution in [0.4, 0.5) is 0 Å². The maximum absolute atomic E-state index is 13.6. The number of rotatable bonds is 8. The van der Waals surface area contributed by atoms with Crippen LogP contribution in [0.25, 0.3) is 22.7 Å². The quantitative estimate of drug-likeness (QED) is 0.317. The molecular weight excluding hydrogens is 462 g/mol. The molecule has 1 amide bonds. The van der Waals surface area contributed by atoms with Crippen molar-refractivity contribution in [3.05, 3.63) is 112 Å². The Balaban J connectivity index is 1.82. The Morgan fingerprint density at radius 2 is 1.83 bits per heavy atom. The first-order valence-electron chi connectivity index (χ1n) is 11.3. The summed E-state index contributed by atoms with van der Waals surface area (Å²) in [7, 11) is 1.59. The first kappa shape index (κ1) is 24.4. The van der Waals surface area contributed by atoms with Crippen molar-refractivity contribution < 1.29 is 9.53 Å². The molecule has 178 valence electrons. The zero-order chi connectivity index (χ0) is 24.8. The maximum atomic E-state index is 13.6. The van der Waals surface area contributed by atoms with Crippen LogP contribution >= 0.6 is 11.6 Å². The van der Waals surface area contributed by atoms with Gasteiger partial charge in [-0.3, -0.25) is 14.2 Å². The molecule has 0 bridgehead atoms. The van der Waals surface area contributed by atoms with Gasteiger partial charge in [-0.1, -0.05) is 60.1 Å². The van der Waals surface area contributed by atoms with Gasteiger partial charge in [0.15, 0.2) is 0 Å². The highest BCUT2D eigenvalue weighted by molar-refractivity contribution is 6.30. The lowest BCUT2D eigenvalue weighted by Crippen LogP contribution is -2.38. The van der Waals surface area contributed by atoms with Crippen molar-refractivity contribution in [2.75, 3.05) is 20.3 Å². The average Bonchev–Trinajstić information content (AvgIpc) is 2.88. The minimum absolute atomic E-state index is 0.210. The van der Waals surface area contributed by atoms with Crippen LogP contribution in [0.1, 0.15) is 24.4 Å². The van der Waals surface area contributed by atoms with Crippen LogP contribution in [0.15, 0.2) is 89.7 Å². The fraction of sp³-hybridized carbons (Fsp3) is 0.179. The fourth-order valence-corrected chi connectivity index (χ4v) is 4.13. The van der Waals surface area contributed by atoms with E-state index in [2.05, 4.69) is 0 Å². The van der Waals surface area contributed by atoms with Crippen LogP contribution in [0.2, 0.25) is 5.02 Å². The molecule has 0 fully saturated rings. The van der Waals surface area contributed by atoms with Crippen LogP contribution in [0.5, 0.6) is 0 Å². The Morgan fingerprint density at radius 3 is 2.57 bits per heavy atom. The zero-order valence-electron chi connectivity index (χ0n) is 19.6. The highest BCUT2D eigenvalue weighted by Gasteiger charge is 2.25. The second kappa shape index (κ2) is 11.1. The monoisotopic (exact) mass is 487 g/mol. The van der Waals surface area contributed by atoms with Gasteiger partial charge in [-0.15, -0.1) is 0 Å². The van der Waals surface area contributed by atoms with Gasteiger partial charge in [0.1, 0.15) is 5.82 Å². The number of amides is 1. The first-order chi connectivity index (χ1) is 17.0. The number of carbonyl (C=O) groups is 1. The number of carbonyl (C=O) groups excluding carboxylic acids is 1. The summed E-state index contributed by atoms with van der Waals surface area (Å²) < 4.78 is 6.81. The van der Waals surface area contributed by atoms with E-state index < -0.39 is 6.04 Å². The van der Waals surface area contributed by atoms with Crippen LogP contribution < -0.4 is 5.56 Å². The van der Waals surface area contributed by atoms with E-state index in [4.69, 9.17) is 21.3 Å². The summed E-state index contributed by atoms with van der Waals surface area (Å²) in [5.41, 5.74) is 1.84. The van der Waals surface area contributed by atoms with E-state index in [1.165, 1.54) is 10.6 Å². The van der Waals surface area contributed by atoms with Crippen molar-refractivity contribution in [3.63, 3.8) is 0 Å². The van der Waals surface area contributed by atoms with Gasteiger partial charge in [0.05, 0.1) is 29.2 Å². The second-order valence-corrected chi connectivity index (χ2v) is 8.49. The van der Waals surface area contributed by atoms with Gasteiger partial charge in [-0.2, -0.15) is 0 Å². The number of nitrogens with zero attached hydrogens (tertiary/aromatic N) is 3. The number of fused-ring (bicyclic) bond motifs is 1. The lowest BCUT2D eigenvalue weighted by Gasteiger charge is -2.29. The third kappa shape index (κ3) is 5.50. The Morgan fingerprint density at radius 1 is 1.09 bits per heavy atom. The van der Waals surface area contributed by atoms with Gasteiger partial charge in [0.2, 0.25) is 5.91 Å². The van der Waals surface area contributed by atoms with E-state index in [9.17, 15) is 9.59 Å². The van der Waals surface area contributed by atoms with E-state index in [1.54, 1.807) is 60.6 Å². The lowest BCUT2D eigenvalue weighted by molar-refractivity contribution is -0.129. The summed E-state index contributed by atoms with van der Waals surface area (Å²) in [4.78, 5) is 33.4. The Bertz CT molecular complexity index is 1420. The third-order valence-corrected chi connectivity index (χ3v) is 5.98. The smallest absolute Gasteiger partial charge is 0.266 e. The molecule has 0 saturated heterocycles. The molecule has 0 aliphatic rings. The van der Waals surface area contributed by atoms with Crippen molar-refractivity contribution in [3.8, 4) is 5.69 Å². The summed E-state index contributed by atoms with van der Waals surface area (Å²) in [6.07, 6.45) is 3.30. The van der Waals surface area contributed by atoms with Crippen molar-refractivity contribution in [2.45, 2.75) is 13.0 Å². The summed E-state index contributed by atoms with van der Waals surface area (Å²) in [5, 5.41) is 0.987. The summed E-state index contributed by atoms with van der Waals surface area (Å²) in [6, 6.07) is 23.3. The number of hydrogen-bond donors (Lipinski definition) is 0. The van der Waals surface area contributed by atoms with Gasteiger partial charge in [0.25, 0.3) is 5.56 Å². The van der Waals surface area contributed by atoms with E-state index in [-0.39, 0.29) is 11.5 Å². The molecule has 0 radical (unpaired) electrons. The fourth-order valence-electron chi connectivity index (χ4n) is 3.95. The molecule has 0 N–H and O–H groups in total. The van der Waals surface area contributed by atoms with Crippen LogP contribution in [-0.4, -0.2) is 40.6 Å². The molecule has 1 atom stereocenters. The van der Waals surface area contributed by atoms with Crippen LogP contribution in [-0.2, 0) is 9.53 Å². The number of aromatic nitrogens is 2. The summed E-state index contributed by atoms with van der Waals surface area (Å²) >= 11 is 6.25. The van der Waals surface area contributed by atoms with Gasteiger partial charge in [-0.25, -0.2) is 4.98 Å². The summed E-state index contributed by atoms with van der Waals surface area (Å²) in [6.45, 7) is 2.53. The average molecular weight is 488 g/mol. The van der Waals surface area contributed by atoms with Gasteiger partial charge >= 0.3 is 0 Å². The Labute approximate surface area is 209 Å². The predicted molar refractivity (Wildman–Crippen MR) is 140 cm³/mol. The van der Waals surface area contributed by atoms with Crippen molar-refractivity contribution in [1.29, 1.82) is 0 Å². The number of para-hydroxylation sites is 1. The molecule has 0 spiro atoms. The highest BCUT2D eigenvalue weighted by Crippen LogP contribution is 2.24. The normalized spacial score (nSPS) is 12.2. The van der Waals surface area contributed by atoms with Crippen LogP contribution in [0.3, 0.4) is 0 Å². The molecule has 6 nitrogen and oxygen atoms in total. The van der Waals surface area contributed by atoms with Gasteiger partial charge in [-0.05, 0) is 48.9 Å². The number of hydrogen-bond acceptors (Lipinski definition) is 4. The molecule has 7 heteroatoms. The summed E-state index contributed by atoms with van der Waals surface area (Å²) in [5.74, 6) is 0.229. The van der Waals surface area contributed by atoms with Gasteiger partial charge < -0.3 is 9.64 Å². The molecule has 0 aliphatic carbocycles. The highest BCUT2D eigenvalue weighted by atomic mass is 35.5. The molecule has 0 saturated carbocycles. The van der Waals surface area contributed by atoms with E-state index in [0.717, 1.165) is 5.56 Å². The predicted octanol–water partition coefficient (Wildman–Crippen LogP) is 5.29. The van der Waals surface area contributed by atoms with Crippen molar-refractivity contribution in [2.24, 2.45) is 0 Å². The molecule has 35 heavy (non-hydrogen) atoms. The molecule has 4 aromatic rings. The molecule has 0 aliphatic heterocycles. The van der Waals surface area contributed by atoms with E-state index in [1.807, 2.05) is 43.3 Å². The van der Waals surface area contributed by atoms with E-state index in [0.29, 0.717) is 40.6 Å². The SMILES string of the molecule is COCCN(C(=O)/C=C/c1ccccc1)C(C)c1nc2ccccc2c(=O)n1-c1cccc(Cl)c1.